The number of thioether (sulfide) groups is 1. The first-order chi connectivity index (χ1) is 13.0. The second kappa shape index (κ2) is 8.35. The van der Waals surface area contributed by atoms with Gasteiger partial charge in [0.05, 0.1) is 0 Å². The monoisotopic (exact) mass is 384 g/mol. The van der Waals surface area contributed by atoms with Crippen LogP contribution in [0, 0.1) is 0 Å². The van der Waals surface area contributed by atoms with Gasteiger partial charge in [-0.1, -0.05) is 30.3 Å². The Morgan fingerprint density at radius 3 is 2.44 bits per heavy atom. The van der Waals surface area contributed by atoms with E-state index in [1.807, 2.05) is 36.6 Å². The van der Waals surface area contributed by atoms with Gasteiger partial charge >= 0.3 is 0 Å². The number of rotatable bonds is 5. The zero-order valence-electron chi connectivity index (χ0n) is 15.0. The van der Waals surface area contributed by atoms with Crippen molar-refractivity contribution in [3.8, 4) is 11.4 Å². The lowest BCUT2D eigenvalue weighted by Gasteiger charge is -2.16. The minimum absolute atomic E-state index is 0.116. The van der Waals surface area contributed by atoms with Crippen molar-refractivity contribution >= 4 is 29.1 Å². The van der Waals surface area contributed by atoms with Gasteiger partial charge in [-0.25, -0.2) is 4.98 Å². The molecule has 1 saturated carbocycles. The number of aromatic nitrogens is 2. The van der Waals surface area contributed by atoms with Crippen molar-refractivity contribution < 1.29 is 14.7 Å². The minimum Gasteiger partial charge on any atom is -0.506 e. The molecule has 1 aliphatic carbocycles. The molecule has 0 saturated heterocycles. The van der Waals surface area contributed by atoms with Crippen LogP contribution in [0.3, 0.4) is 0 Å². The van der Waals surface area contributed by atoms with Gasteiger partial charge < -0.3 is 5.11 Å². The number of nitrogens with zero attached hydrogens (tertiary/aromatic N) is 2. The Balaban J connectivity index is 2.17. The zero-order valence-corrected chi connectivity index (χ0v) is 15.8. The van der Waals surface area contributed by atoms with Crippen LogP contribution in [0.4, 0.5) is 0 Å². The van der Waals surface area contributed by atoms with E-state index in [0.717, 1.165) is 5.56 Å². The highest BCUT2D eigenvalue weighted by Crippen LogP contribution is 2.24. The van der Waals surface area contributed by atoms with E-state index < -0.39 is 22.9 Å². The lowest BCUT2D eigenvalue weighted by Crippen LogP contribution is -2.29. The molecule has 1 aliphatic rings. The highest BCUT2D eigenvalue weighted by molar-refractivity contribution is 7.98. The molecule has 6 nitrogen and oxygen atoms in total. The van der Waals surface area contributed by atoms with E-state index in [-0.39, 0.29) is 24.0 Å². The average Bonchev–Trinajstić information content (AvgIpc) is 2.67. The molecule has 1 N–H and O–H groups in total. The van der Waals surface area contributed by atoms with Gasteiger partial charge in [-0.3, -0.25) is 19.0 Å². The Labute approximate surface area is 160 Å². The van der Waals surface area contributed by atoms with Crippen LogP contribution >= 0.6 is 11.8 Å². The van der Waals surface area contributed by atoms with Crippen LogP contribution in [0.15, 0.2) is 46.9 Å². The number of allylic oxidation sites excluding steroid dienone is 1. The summed E-state index contributed by atoms with van der Waals surface area (Å²) in [7, 11) is 0. The summed E-state index contributed by atoms with van der Waals surface area (Å²) in [6.45, 7) is 0.398. The number of carbonyl (C=O) groups is 2. The Bertz CT molecular complexity index is 946. The second-order valence-corrected chi connectivity index (χ2v) is 7.22. The predicted molar refractivity (Wildman–Crippen MR) is 106 cm³/mol. The molecule has 7 heteroatoms. The zero-order chi connectivity index (χ0) is 19.4. The van der Waals surface area contributed by atoms with E-state index in [0.29, 0.717) is 24.5 Å². The third kappa shape index (κ3) is 3.88. The van der Waals surface area contributed by atoms with E-state index in [2.05, 4.69) is 4.98 Å². The van der Waals surface area contributed by atoms with Crippen molar-refractivity contribution in [1.82, 2.24) is 9.55 Å². The number of aliphatic hydroxyl groups is 1. The Morgan fingerprint density at radius 1 is 1.15 bits per heavy atom. The largest absolute Gasteiger partial charge is 0.506 e. The fourth-order valence-corrected chi connectivity index (χ4v) is 3.44. The summed E-state index contributed by atoms with van der Waals surface area (Å²) in [5.74, 6) is -0.241. The molecule has 0 radical (unpaired) electrons. The fourth-order valence-electron chi connectivity index (χ4n) is 3.08. The van der Waals surface area contributed by atoms with E-state index in [1.54, 1.807) is 11.8 Å². The van der Waals surface area contributed by atoms with Crippen molar-refractivity contribution in [3.63, 3.8) is 0 Å². The quantitative estimate of drug-likeness (QED) is 0.484. The maximum Gasteiger partial charge on any atom is 0.264 e. The van der Waals surface area contributed by atoms with Crippen LogP contribution in [0.1, 0.15) is 24.8 Å². The van der Waals surface area contributed by atoms with E-state index in [4.69, 9.17) is 0 Å². The van der Waals surface area contributed by atoms with Crippen molar-refractivity contribution in [2.75, 3.05) is 12.0 Å². The fraction of sp³-hybridized carbons (Fsp3) is 0.300. The van der Waals surface area contributed by atoms with Crippen LogP contribution in [0.25, 0.3) is 17.1 Å². The number of carbonyl (C=O) groups excluding carboxylic acids is 2. The molecule has 1 heterocycles. The normalized spacial score (nSPS) is 14.5. The molecule has 2 aromatic rings. The molecule has 0 amide bonds. The molecule has 1 aromatic heterocycles. The van der Waals surface area contributed by atoms with E-state index in [1.165, 1.54) is 10.8 Å². The summed E-state index contributed by atoms with van der Waals surface area (Å²) in [6, 6.07) is 9.28. The SMILES string of the molecule is CSCCn1c(-c2ccccc2)ncc(C(O)=C2C(=O)CCCC2=O)c1=O. The number of hydrogen-bond acceptors (Lipinski definition) is 6. The van der Waals surface area contributed by atoms with Gasteiger partial charge in [0.15, 0.2) is 11.6 Å². The van der Waals surface area contributed by atoms with Crippen molar-refractivity contribution in [1.29, 1.82) is 0 Å². The molecule has 0 unspecified atom stereocenters. The van der Waals surface area contributed by atoms with E-state index in [9.17, 15) is 19.5 Å². The van der Waals surface area contributed by atoms with Gasteiger partial charge in [0, 0.05) is 36.9 Å². The summed E-state index contributed by atoms with van der Waals surface area (Å²) in [6.07, 6.45) is 4.04. The van der Waals surface area contributed by atoms with Gasteiger partial charge in [-0.2, -0.15) is 11.8 Å². The predicted octanol–water partition coefficient (Wildman–Crippen LogP) is 2.86. The third-order valence-corrected chi connectivity index (χ3v) is 5.05. The van der Waals surface area contributed by atoms with Crippen molar-refractivity contribution in [2.24, 2.45) is 0 Å². The van der Waals surface area contributed by atoms with Crippen LogP contribution in [-0.2, 0) is 16.1 Å². The maximum absolute atomic E-state index is 13.1. The maximum atomic E-state index is 13.1. The first-order valence-electron chi connectivity index (χ1n) is 8.68. The van der Waals surface area contributed by atoms with Crippen LogP contribution < -0.4 is 5.56 Å². The lowest BCUT2D eigenvalue weighted by molar-refractivity contribution is -0.123. The number of ketones is 2. The minimum atomic E-state index is -0.556. The van der Waals surface area contributed by atoms with E-state index >= 15 is 0 Å². The van der Waals surface area contributed by atoms with Gasteiger partial charge in [-0.05, 0) is 12.7 Å². The molecule has 1 fully saturated rings. The first kappa shape index (κ1) is 19.1. The summed E-state index contributed by atoms with van der Waals surface area (Å²) in [5, 5.41) is 10.6. The number of hydrogen-bond donors (Lipinski definition) is 1. The first-order valence-corrected chi connectivity index (χ1v) is 10.1. The summed E-state index contributed by atoms with van der Waals surface area (Å²) >= 11 is 1.58. The third-order valence-electron chi connectivity index (χ3n) is 4.46. The standard InChI is InChI=1S/C20H20N2O4S/c1-27-11-10-22-19(13-6-3-2-4-7-13)21-12-14(20(22)26)18(25)17-15(23)8-5-9-16(17)24/h2-4,6-7,12,25H,5,8-11H2,1H3. The molecular weight excluding hydrogens is 364 g/mol. The number of Topliss-reactive ketones (excluding diaryl/α,β-unsaturated/α-hetero) is 2. The van der Waals surface area contributed by atoms with Crippen LogP contribution in [0.2, 0.25) is 0 Å². The summed E-state index contributed by atoms with van der Waals surface area (Å²) < 4.78 is 1.48. The van der Waals surface area contributed by atoms with Gasteiger partial charge in [0.2, 0.25) is 0 Å². The highest BCUT2D eigenvalue weighted by atomic mass is 32.2. The molecule has 0 spiro atoms. The van der Waals surface area contributed by atoms with Gasteiger partial charge in [0.1, 0.15) is 22.7 Å². The van der Waals surface area contributed by atoms with Gasteiger partial charge in [0.25, 0.3) is 5.56 Å². The lowest BCUT2D eigenvalue weighted by atomic mass is 9.90. The Morgan fingerprint density at radius 2 is 1.81 bits per heavy atom. The highest BCUT2D eigenvalue weighted by Gasteiger charge is 2.29. The van der Waals surface area contributed by atoms with Crippen LogP contribution in [-0.4, -0.2) is 38.2 Å². The Hall–Kier alpha value is -2.67. The molecule has 1 aromatic carbocycles. The van der Waals surface area contributed by atoms with Crippen molar-refractivity contribution in [3.05, 3.63) is 58.0 Å². The molecular formula is C20H20N2O4S. The Kier molecular flexibility index (Phi) is 5.91. The molecule has 0 aliphatic heterocycles. The topological polar surface area (TPSA) is 89.3 Å². The summed E-state index contributed by atoms with van der Waals surface area (Å²) in [5.41, 5.74) is -0.0771. The molecule has 140 valence electrons. The van der Waals surface area contributed by atoms with Crippen molar-refractivity contribution in [2.45, 2.75) is 25.8 Å². The van der Waals surface area contributed by atoms with Crippen LogP contribution in [0.5, 0.6) is 0 Å². The molecule has 27 heavy (non-hydrogen) atoms. The molecule has 3 rings (SSSR count). The molecule has 0 atom stereocenters. The molecule has 0 bridgehead atoms. The second-order valence-electron chi connectivity index (χ2n) is 6.23. The smallest absolute Gasteiger partial charge is 0.264 e. The number of benzene rings is 1. The average molecular weight is 384 g/mol. The summed E-state index contributed by atoms with van der Waals surface area (Å²) in [4.78, 5) is 41.6. The van der Waals surface area contributed by atoms with Gasteiger partial charge in [-0.15, -0.1) is 0 Å². The number of aliphatic hydroxyl groups excluding tert-OH is 1.